The van der Waals surface area contributed by atoms with Crippen molar-refractivity contribution in [3.8, 4) is 0 Å². The summed E-state index contributed by atoms with van der Waals surface area (Å²) in [5.41, 5.74) is -0.0644. The summed E-state index contributed by atoms with van der Waals surface area (Å²) in [6.07, 6.45) is 1.47. The highest BCUT2D eigenvalue weighted by molar-refractivity contribution is 8.01. The number of carbonyl (C=O) groups is 2. The molecule has 0 aliphatic carbocycles. The molecule has 0 radical (unpaired) electrons. The number of H-pyrrole nitrogens is 1. The van der Waals surface area contributed by atoms with Crippen LogP contribution in [0.25, 0.3) is 0 Å². The molecule has 142 valence electrons. The number of ether oxygens (including phenoxy) is 1. The highest BCUT2D eigenvalue weighted by Crippen LogP contribution is 2.25. The molecule has 1 fully saturated rings. The molecular formula is C18H19N3O5S. The van der Waals surface area contributed by atoms with Crippen LogP contribution >= 0.6 is 11.8 Å². The van der Waals surface area contributed by atoms with Crippen molar-refractivity contribution in [3.63, 3.8) is 0 Å². The number of hydrogen-bond acceptors (Lipinski definition) is 6. The molecule has 0 saturated carbocycles. The molecule has 1 N–H and O–H groups in total. The molecule has 2 aromatic rings. The quantitative estimate of drug-likeness (QED) is 0.726. The average Bonchev–Trinajstić information content (AvgIpc) is 3.02. The molecular weight excluding hydrogens is 370 g/mol. The van der Waals surface area contributed by atoms with Crippen molar-refractivity contribution in [3.05, 3.63) is 68.5 Å². The highest BCUT2D eigenvalue weighted by atomic mass is 32.2. The fourth-order valence-electron chi connectivity index (χ4n) is 2.71. The van der Waals surface area contributed by atoms with E-state index in [9.17, 15) is 19.2 Å². The molecule has 1 aliphatic heterocycles. The molecule has 27 heavy (non-hydrogen) atoms. The number of carbonyl (C=O) groups excluding carboxylic acids is 2. The molecule has 8 nitrogen and oxygen atoms in total. The number of aryl methyl sites for hydroxylation is 1. The summed E-state index contributed by atoms with van der Waals surface area (Å²) in [6, 6.07) is 8.64. The lowest BCUT2D eigenvalue weighted by atomic mass is 10.2. The Morgan fingerprint density at radius 3 is 2.70 bits per heavy atom. The van der Waals surface area contributed by atoms with Crippen LogP contribution in [0.4, 0.5) is 0 Å². The number of rotatable bonds is 6. The van der Waals surface area contributed by atoms with Crippen molar-refractivity contribution < 1.29 is 14.3 Å². The molecule has 1 aliphatic rings. The maximum absolute atomic E-state index is 12.1. The lowest BCUT2D eigenvalue weighted by Gasteiger charge is -2.24. The summed E-state index contributed by atoms with van der Waals surface area (Å²) in [4.78, 5) is 51.3. The molecule has 0 spiro atoms. The van der Waals surface area contributed by atoms with Crippen molar-refractivity contribution >= 4 is 23.6 Å². The van der Waals surface area contributed by atoms with Crippen LogP contribution in [0, 0.1) is 6.92 Å². The van der Waals surface area contributed by atoms with Crippen LogP contribution in [0.15, 0.2) is 46.1 Å². The Bertz CT molecular complexity index is 953. The summed E-state index contributed by atoms with van der Waals surface area (Å²) < 4.78 is 6.69. The summed E-state index contributed by atoms with van der Waals surface area (Å²) in [7, 11) is 0. The SMILES string of the molecule is Cc1cn(CCN2C(=O)CSC2COC(=O)c2ccccc2)c(=O)[nH]c1=O. The number of hydrogen-bond donors (Lipinski definition) is 1. The third-order valence-electron chi connectivity index (χ3n) is 4.20. The lowest BCUT2D eigenvalue weighted by molar-refractivity contribution is -0.128. The van der Waals surface area contributed by atoms with Crippen molar-refractivity contribution in [2.75, 3.05) is 18.9 Å². The minimum atomic E-state index is -0.517. The van der Waals surface area contributed by atoms with Crippen LogP contribution in [0.2, 0.25) is 0 Å². The van der Waals surface area contributed by atoms with Gasteiger partial charge in [0.15, 0.2) is 0 Å². The highest BCUT2D eigenvalue weighted by Gasteiger charge is 2.32. The van der Waals surface area contributed by atoms with Gasteiger partial charge in [-0.15, -0.1) is 11.8 Å². The number of esters is 1. The second-order valence-electron chi connectivity index (χ2n) is 6.08. The Balaban J connectivity index is 1.61. The van der Waals surface area contributed by atoms with Crippen LogP contribution in [0.1, 0.15) is 15.9 Å². The van der Waals surface area contributed by atoms with E-state index in [2.05, 4.69) is 4.98 Å². The molecule has 2 heterocycles. The number of aromatic amines is 1. The lowest BCUT2D eigenvalue weighted by Crippen LogP contribution is -2.40. The van der Waals surface area contributed by atoms with Crippen LogP contribution in [-0.2, 0) is 16.1 Å². The van der Waals surface area contributed by atoms with Gasteiger partial charge in [-0.05, 0) is 19.1 Å². The summed E-state index contributed by atoms with van der Waals surface area (Å²) >= 11 is 1.39. The van der Waals surface area contributed by atoms with Gasteiger partial charge in [0.25, 0.3) is 5.56 Å². The first kappa shape index (κ1) is 19.0. The van der Waals surface area contributed by atoms with Gasteiger partial charge in [-0.3, -0.25) is 19.1 Å². The minimum Gasteiger partial charge on any atom is -0.459 e. The molecule has 1 unspecified atom stereocenters. The standard InChI is InChI=1S/C18H19N3O5S/c1-12-9-20(18(25)19-16(12)23)7-8-21-14(22)11-27-15(21)10-26-17(24)13-5-3-2-4-6-13/h2-6,9,15H,7-8,10-11H2,1H3,(H,19,23,25). The topological polar surface area (TPSA) is 101 Å². The zero-order valence-corrected chi connectivity index (χ0v) is 15.5. The molecule has 0 bridgehead atoms. The predicted octanol–water partition coefficient (Wildman–Crippen LogP) is 0.604. The first-order valence-corrected chi connectivity index (χ1v) is 9.44. The third kappa shape index (κ3) is 4.48. The molecule has 1 atom stereocenters. The summed E-state index contributed by atoms with van der Waals surface area (Å²) in [5.74, 6) is -0.217. The van der Waals surface area contributed by atoms with Gasteiger partial charge in [-0.1, -0.05) is 18.2 Å². The summed E-state index contributed by atoms with van der Waals surface area (Å²) in [6.45, 7) is 2.21. The van der Waals surface area contributed by atoms with Gasteiger partial charge in [0.05, 0.1) is 11.3 Å². The van der Waals surface area contributed by atoms with E-state index in [-0.39, 0.29) is 31.0 Å². The molecule has 1 aromatic carbocycles. The molecule has 1 amide bonds. The van der Waals surface area contributed by atoms with E-state index in [4.69, 9.17) is 4.74 Å². The average molecular weight is 389 g/mol. The molecule has 1 aromatic heterocycles. The smallest absolute Gasteiger partial charge is 0.338 e. The van der Waals surface area contributed by atoms with E-state index in [0.29, 0.717) is 16.9 Å². The number of amides is 1. The largest absolute Gasteiger partial charge is 0.459 e. The van der Waals surface area contributed by atoms with E-state index in [1.807, 2.05) is 6.07 Å². The molecule has 1 saturated heterocycles. The first-order valence-electron chi connectivity index (χ1n) is 8.39. The first-order chi connectivity index (χ1) is 13.0. The Kier molecular flexibility index (Phi) is 5.80. The molecule has 9 heteroatoms. The fourth-order valence-corrected chi connectivity index (χ4v) is 3.78. The zero-order valence-electron chi connectivity index (χ0n) is 14.7. The number of nitrogens with zero attached hydrogens (tertiary/aromatic N) is 2. The summed E-state index contributed by atoms with van der Waals surface area (Å²) in [5, 5.41) is -0.301. The Morgan fingerprint density at radius 1 is 1.22 bits per heavy atom. The number of benzene rings is 1. The van der Waals surface area contributed by atoms with E-state index < -0.39 is 17.2 Å². The van der Waals surface area contributed by atoms with Crippen LogP contribution < -0.4 is 11.2 Å². The maximum Gasteiger partial charge on any atom is 0.338 e. The predicted molar refractivity (Wildman–Crippen MR) is 101 cm³/mol. The fraction of sp³-hybridized carbons (Fsp3) is 0.333. The second-order valence-corrected chi connectivity index (χ2v) is 7.25. The van der Waals surface area contributed by atoms with Gasteiger partial charge < -0.3 is 9.64 Å². The van der Waals surface area contributed by atoms with Crippen molar-refractivity contribution in [1.82, 2.24) is 14.5 Å². The normalized spacial score (nSPS) is 16.6. The zero-order chi connectivity index (χ0) is 19.4. The second kappa shape index (κ2) is 8.26. The Labute approximate surface area is 159 Å². The van der Waals surface area contributed by atoms with Gasteiger partial charge in [0.2, 0.25) is 5.91 Å². The monoisotopic (exact) mass is 389 g/mol. The van der Waals surface area contributed by atoms with Crippen molar-refractivity contribution in [2.45, 2.75) is 18.8 Å². The van der Waals surface area contributed by atoms with Gasteiger partial charge in [0.1, 0.15) is 12.0 Å². The third-order valence-corrected chi connectivity index (χ3v) is 5.39. The van der Waals surface area contributed by atoms with Gasteiger partial charge in [-0.25, -0.2) is 9.59 Å². The minimum absolute atomic E-state index is 0.0731. The Hall–Kier alpha value is -2.81. The van der Waals surface area contributed by atoms with Crippen molar-refractivity contribution in [1.29, 1.82) is 0 Å². The van der Waals surface area contributed by atoms with Crippen LogP contribution in [0.3, 0.4) is 0 Å². The maximum atomic E-state index is 12.1. The van der Waals surface area contributed by atoms with E-state index in [1.165, 1.54) is 22.5 Å². The number of nitrogens with one attached hydrogen (secondary N) is 1. The van der Waals surface area contributed by atoms with Crippen molar-refractivity contribution in [2.24, 2.45) is 0 Å². The van der Waals surface area contributed by atoms with Gasteiger partial charge >= 0.3 is 11.7 Å². The van der Waals surface area contributed by atoms with E-state index >= 15 is 0 Å². The molecule has 3 rings (SSSR count). The number of aromatic nitrogens is 2. The Morgan fingerprint density at radius 2 is 1.96 bits per heavy atom. The van der Waals surface area contributed by atoms with Crippen LogP contribution in [-0.4, -0.2) is 50.6 Å². The number of thioether (sulfide) groups is 1. The van der Waals surface area contributed by atoms with Gasteiger partial charge in [-0.2, -0.15) is 0 Å². The van der Waals surface area contributed by atoms with Gasteiger partial charge in [0, 0.05) is 24.8 Å². The van der Waals surface area contributed by atoms with E-state index in [0.717, 1.165) is 0 Å². The van der Waals surface area contributed by atoms with Crippen LogP contribution in [0.5, 0.6) is 0 Å². The van der Waals surface area contributed by atoms with E-state index in [1.54, 1.807) is 36.1 Å².